The van der Waals surface area contributed by atoms with E-state index in [1.807, 2.05) is 25.1 Å². The SMILES string of the molecule is Cc1ccc(C(=O)NCCC2CCCN2)cc1Br. The maximum atomic E-state index is 11.9. The Balaban J connectivity index is 1.81. The van der Waals surface area contributed by atoms with Crippen LogP contribution in [-0.2, 0) is 0 Å². The van der Waals surface area contributed by atoms with Crippen molar-refractivity contribution in [2.24, 2.45) is 0 Å². The smallest absolute Gasteiger partial charge is 0.251 e. The number of halogens is 1. The highest BCUT2D eigenvalue weighted by Gasteiger charge is 2.14. The Kier molecular flexibility index (Phi) is 4.78. The number of rotatable bonds is 4. The third kappa shape index (κ3) is 3.56. The molecule has 1 atom stereocenters. The van der Waals surface area contributed by atoms with Crippen LogP contribution >= 0.6 is 15.9 Å². The van der Waals surface area contributed by atoms with Crippen LogP contribution in [-0.4, -0.2) is 25.0 Å². The minimum atomic E-state index is 0.00805. The van der Waals surface area contributed by atoms with Gasteiger partial charge in [-0.2, -0.15) is 0 Å². The van der Waals surface area contributed by atoms with E-state index >= 15 is 0 Å². The van der Waals surface area contributed by atoms with Gasteiger partial charge in [0, 0.05) is 22.6 Å². The van der Waals surface area contributed by atoms with Crippen LogP contribution in [0.5, 0.6) is 0 Å². The molecule has 1 aliphatic rings. The lowest BCUT2D eigenvalue weighted by Gasteiger charge is -2.11. The maximum absolute atomic E-state index is 11.9. The van der Waals surface area contributed by atoms with Crippen LogP contribution in [0.15, 0.2) is 22.7 Å². The Morgan fingerprint density at radius 2 is 2.39 bits per heavy atom. The quantitative estimate of drug-likeness (QED) is 0.897. The molecule has 98 valence electrons. The van der Waals surface area contributed by atoms with Crippen molar-refractivity contribution >= 4 is 21.8 Å². The Morgan fingerprint density at radius 1 is 1.56 bits per heavy atom. The first-order valence-corrected chi connectivity index (χ1v) is 7.24. The van der Waals surface area contributed by atoms with Crippen molar-refractivity contribution in [3.8, 4) is 0 Å². The van der Waals surface area contributed by atoms with Crippen molar-refractivity contribution in [1.82, 2.24) is 10.6 Å². The first-order valence-electron chi connectivity index (χ1n) is 6.44. The van der Waals surface area contributed by atoms with Gasteiger partial charge in [0.05, 0.1) is 0 Å². The minimum absolute atomic E-state index is 0.00805. The topological polar surface area (TPSA) is 41.1 Å². The van der Waals surface area contributed by atoms with Crippen molar-refractivity contribution < 1.29 is 4.79 Å². The van der Waals surface area contributed by atoms with Crippen LogP contribution < -0.4 is 10.6 Å². The molecule has 4 heteroatoms. The molecule has 1 aromatic rings. The number of nitrogens with one attached hydrogen (secondary N) is 2. The summed E-state index contributed by atoms with van der Waals surface area (Å²) in [6.45, 7) is 3.86. The van der Waals surface area contributed by atoms with Crippen molar-refractivity contribution in [1.29, 1.82) is 0 Å². The summed E-state index contributed by atoms with van der Waals surface area (Å²) in [6, 6.07) is 6.27. The zero-order valence-corrected chi connectivity index (χ0v) is 12.2. The highest BCUT2D eigenvalue weighted by Crippen LogP contribution is 2.17. The van der Waals surface area contributed by atoms with Crippen LogP contribution in [0.1, 0.15) is 35.2 Å². The summed E-state index contributed by atoms with van der Waals surface area (Å²) in [7, 11) is 0. The standard InChI is InChI=1S/C14H19BrN2O/c1-10-4-5-11(9-13(10)15)14(18)17-8-6-12-3-2-7-16-12/h4-5,9,12,16H,2-3,6-8H2,1H3,(H,17,18). The van der Waals surface area contributed by atoms with Crippen LogP contribution in [0.4, 0.5) is 0 Å². The van der Waals surface area contributed by atoms with Crippen molar-refractivity contribution in [2.75, 3.05) is 13.1 Å². The molecule has 1 amide bonds. The minimum Gasteiger partial charge on any atom is -0.352 e. The molecule has 1 aromatic carbocycles. The first-order chi connectivity index (χ1) is 8.66. The predicted octanol–water partition coefficient (Wildman–Crippen LogP) is 2.63. The Bertz CT molecular complexity index is 428. The molecule has 1 aliphatic heterocycles. The van der Waals surface area contributed by atoms with E-state index in [1.165, 1.54) is 12.8 Å². The zero-order chi connectivity index (χ0) is 13.0. The predicted molar refractivity (Wildman–Crippen MR) is 76.9 cm³/mol. The molecule has 0 aromatic heterocycles. The number of amides is 1. The molecule has 0 spiro atoms. The van der Waals surface area contributed by atoms with Crippen molar-refractivity contribution in [2.45, 2.75) is 32.2 Å². The number of aryl methyl sites for hydroxylation is 1. The second-order valence-electron chi connectivity index (χ2n) is 4.80. The fraction of sp³-hybridized carbons (Fsp3) is 0.500. The molecule has 1 saturated heterocycles. The van der Waals surface area contributed by atoms with Gasteiger partial charge in [-0.15, -0.1) is 0 Å². The van der Waals surface area contributed by atoms with Crippen LogP contribution in [0.3, 0.4) is 0 Å². The molecule has 1 heterocycles. The number of carbonyl (C=O) groups excluding carboxylic acids is 1. The summed E-state index contributed by atoms with van der Waals surface area (Å²) < 4.78 is 0.979. The normalized spacial score (nSPS) is 18.9. The fourth-order valence-electron chi connectivity index (χ4n) is 2.20. The van der Waals surface area contributed by atoms with Gasteiger partial charge in [-0.05, 0) is 50.4 Å². The van der Waals surface area contributed by atoms with E-state index in [1.54, 1.807) is 0 Å². The molecule has 0 saturated carbocycles. The molecule has 1 unspecified atom stereocenters. The second kappa shape index (κ2) is 6.34. The van der Waals surface area contributed by atoms with E-state index in [0.29, 0.717) is 11.6 Å². The highest BCUT2D eigenvalue weighted by molar-refractivity contribution is 9.10. The van der Waals surface area contributed by atoms with Gasteiger partial charge >= 0.3 is 0 Å². The molecule has 0 bridgehead atoms. The van der Waals surface area contributed by atoms with E-state index in [0.717, 1.165) is 29.5 Å². The van der Waals surface area contributed by atoms with Gasteiger partial charge in [0.15, 0.2) is 0 Å². The third-order valence-electron chi connectivity index (χ3n) is 3.37. The lowest BCUT2D eigenvalue weighted by molar-refractivity contribution is 0.0952. The Labute approximate surface area is 116 Å². The zero-order valence-electron chi connectivity index (χ0n) is 10.6. The molecule has 3 nitrogen and oxygen atoms in total. The highest BCUT2D eigenvalue weighted by atomic mass is 79.9. The number of carbonyl (C=O) groups is 1. The molecule has 1 fully saturated rings. The average molecular weight is 311 g/mol. The largest absolute Gasteiger partial charge is 0.352 e. The van der Waals surface area contributed by atoms with Gasteiger partial charge < -0.3 is 10.6 Å². The van der Waals surface area contributed by atoms with Crippen LogP contribution in [0.2, 0.25) is 0 Å². The van der Waals surface area contributed by atoms with Gasteiger partial charge in [0.1, 0.15) is 0 Å². The monoisotopic (exact) mass is 310 g/mol. The van der Waals surface area contributed by atoms with E-state index in [2.05, 4.69) is 26.6 Å². The van der Waals surface area contributed by atoms with Crippen molar-refractivity contribution in [3.05, 3.63) is 33.8 Å². The Morgan fingerprint density at radius 3 is 3.06 bits per heavy atom. The number of benzene rings is 1. The molecular weight excluding hydrogens is 292 g/mol. The van der Waals surface area contributed by atoms with E-state index < -0.39 is 0 Å². The van der Waals surface area contributed by atoms with E-state index in [4.69, 9.17) is 0 Å². The summed E-state index contributed by atoms with van der Waals surface area (Å²) in [6.07, 6.45) is 3.49. The third-order valence-corrected chi connectivity index (χ3v) is 4.23. The fourth-order valence-corrected chi connectivity index (χ4v) is 2.58. The second-order valence-corrected chi connectivity index (χ2v) is 5.66. The molecule has 0 radical (unpaired) electrons. The summed E-state index contributed by atoms with van der Waals surface area (Å²) in [5, 5.41) is 6.40. The summed E-state index contributed by atoms with van der Waals surface area (Å²) in [4.78, 5) is 11.9. The first kappa shape index (κ1) is 13.6. The van der Waals surface area contributed by atoms with Gasteiger partial charge in [-0.1, -0.05) is 22.0 Å². The summed E-state index contributed by atoms with van der Waals surface area (Å²) >= 11 is 3.45. The maximum Gasteiger partial charge on any atom is 0.251 e. The van der Waals surface area contributed by atoms with Gasteiger partial charge in [-0.3, -0.25) is 4.79 Å². The summed E-state index contributed by atoms with van der Waals surface area (Å²) in [5.41, 5.74) is 1.86. The van der Waals surface area contributed by atoms with E-state index in [9.17, 15) is 4.79 Å². The molecular formula is C14H19BrN2O. The van der Waals surface area contributed by atoms with Gasteiger partial charge in [0.2, 0.25) is 0 Å². The molecule has 0 aliphatic carbocycles. The van der Waals surface area contributed by atoms with Crippen LogP contribution in [0.25, 0.3) is 0 Å². The molecule has 2 N–H and O–H groups in total. The number of hydrogen-bond acceptors (Lipinski definition) is 2. The Hall–Kier alpha value is -0.870. The van der Waals surface area contributed by atoms with Gasteiger partial charge in [0.25, 0.3) is 5.91 Å². The van der Waals surface area contributed by atoms with E-state index in [-0.39, 0.29) is 5.91 Å². The lowest BCUT2D eigenvalue weighted by Crippen LogP contribution is -2.30. The molecule has 2 rings (SSSR count). The average Bonchev–Trinajstić information content (AvgIpc) is 2.85. The summed E-state index contributed by atoms with van der Waals surface area (Å²) in [5.74, 6) is 0.00805. The number of hydrogen-bond donors (Lipinski definition) is 2. The van der Waals surface area contributed by atoms with Crippen LogP contribution in [0, 0.1) is 6.92 Å². The lowest BCUT2D eigenvalue weighted by atomic mass is 10.1. The molecule has 18 heavy (non-hydrogen) atoms. The van der Waals surface area contributed by atoms with Gasteiger partial charge in [-0.25, -0.2) is 0 Å². The van der Waals surface area contributed by atoms with Crippen molar-refractivity contribution in [3.63, 3.8) is 0 Å².